The van der Waals surface area contributed by atoms with Gasteiger partial charge in [0.15, 0.2) is 0 Å². The van der Waals surface area contributed by atoms with Crippen LogP contribution in [0.4, 0.5) is 10.5 Å². The van der Waals surface area contributed by atoms with Crippen molar-refractivity contribution >= 4 is 23.6 Å². The van der Waals surface area contributed by atoms with Crippen LogP contribution < -0.4 is 16.4 Å². The molecule has 19 heavy (non-hydrogen) atoms. The third kappa shape index (κ3) is 3.98. The highest BCUT2D eigenvalue weighted by molar-refractivity contribution is 5.95. The summed E-state index contributed by atoms with van der Waals surface area (Å²) in [4.78, 5) is 33.3. The third-order valence-electron chi connectivity index (χ3n) is 2.39. The Hall–Kier alpha value is -2.57. The molecule has 0 saturated heterocycles. The molecule has 7 nitrogen and oxygen atoms in total. The number of rotatable bonds is 4. The molecule has 0 aliphatic heterocycles. The van der Waals surface area contributed by atoms with Gasteiger partial charge in [0.25, 0.3) is 0 Å². The van der Waals surface area contributed by atoms with Crippen LogP contribution in [-0.2, 0) is 4.79 Å². The second-order valence-electron chi connectivity index (χ2n) is 4.45. The lowest BCUT2D eigenvalue weighted by atomic mass is 10.1. The molecule has 0 heterocycles. The first kappa shape index (κ1) is 14.5. The van der Waals surface area contributed by atoms with Gasteiger partial charge in [-0.25, -0.2) is 9.59 Å². The standard InChI is InChI=1S/C12H15N3O4/c1-12(2,10(17)18)15-11(19)14-8-5-3-7(4-6-8)9(13)16/h3-6H,1-2H3,(H2,13,16)(H,17,18)(H2,14,15,19). The SMILES string of the molecule is CC(C)(NC(=O)Nc1ccc(C(N)=O)cc1)C(=O)O. The molecule has 0 aliphatic rings. The number of carboxylic acids is 1. The van der Waals surface area contributed by atoms with Crippen molar-refractivity contribution in [2.24, 2.45) is 5.73 Å². The molecule has 0 fully saturated rings. The zero-order valence-electron chi connectivity index (χ0n) is 10.6. The minimum Gasteiger partial charge on any atom is -0.480 e. The number of hydrogen-bond acceptors (Lipinski definition) is 3. The summed E-state index contributed by atoms with van der Waals surface area (Å²) in [5.74, 6) is -1.71. The topological polar surface area (TPSA) is 122 Å². The maximum absolute atomic E-state index is 11.6. The summed E-state index contributed by atoms with van der Waals surface area (Å²) in [6.07, 6.45) is 0. The predicted molar refractivity (Wildman–Crippen MR) is 68.8 cm³/mol. The van der Waals surface area contributed by atoms with E-state index in [2.05, 4.69) is 10.6 Å². The molecule has 0 aliphatic carbocycles. The molecule has 1 aromatic carbocycles. The molecular formula is C12H15N3O4. The van der Waals surface area contributed by atoms with Crippen molar-refractivity contribution in [3.05, 3.63) is 29.8 Å². The van der Waals surface area contributed by atoms with Crippen molar-refractivity contribution in [2.45, 2.75) is 19.4 Å². The number of carboxylic acid groups (broad SMARTS) is 1. The highest BCUT2D eigenvalue weighted by atomic mass is 16.4. The number of carbonyl (C=O) groups is 3. The van der Waals surface area contributed by atoms with Crippen molar-refractivity contribution < 1.29 is 19.5 Å². The van der Waals surface area contributed by atoms with Crippen LogP contribution in [0.1, 0.15) is 24.2 Å². The number of primary amides is 1. The predicted octanol–water partition coefficient (Wildman–Crippen LogP) is 0.770. The third-order valence-corrected chi connectivity index (χ3v) is 2.39. The summed E-state index contributed by atoms with van der Waals surface area (Å²) in [5.41, 5.74) is 4.44. The van der Waals surface area contributed by atoms with Crippen LogP contribution in [0.5, 0.6) is 0 Å². The van der Waals surface area contributed by atoms with E-state index < -0.39 is 23.4 Å². The van der Waals surface area contributed by atoms with Gasteiger partial charge in [-0.2, -0.15) is 0 Å². The van der Waals surface area contributed by atoms with Crippen LogP contribution in [0, 0.1) is 0 Å². The highest BCUT2D eigenvalue weighted by Gasteiger charge is 2.28. The molecule has 0 unspecified atom stereocenters. The Morgan fingerprint density at radius 2 is 1.68 bits per heavy atom. The van der Waals surface area contributed by atoms with E-state index >= 15 is 0 Å². The minimum absolute atomic E-state index is 0.317. The fraction of sp³-hybridized carbons (Fsp3) is 0.250. The van der Waals surface area contributed by atoms with Crippen molar-refractivity contribution in [1.29, 1.82) is 0 Å². The lowest BCUT2D eigenvalue weighted by molar-refractivity contribution is -0.142. The largest absolute Gasteiger partial charge is 0.480 e. The van der Waals surface area contributed by atoms with Gasteiger partial charge in [-0.05, 0) is 38.1 Å². The number of benzene rings is 1. The van der Waals surface area contributed by atoms with Crippen LogP contribution >= 0.6 is 0 Å². The molecule has 1 aromatic rings. The quantitative estimate of drug-likeness (QED) is 0.642. The van der Waals surface area contributed by atoms with E-state index in [1.807, 2.05) is 0 Å². The average Bonchev–Trinajstić information content (AvgIpc) is 2.28. The molecule has 0 saturated carbocycles. The molecule has 102 valence electrons. The maximum Gasteiger partial charge on any atom is 0.328 e. The molecule has 0 bridgehead atoms. The molecule has 0 radical (unpaired) electrons. The van der Waals surface area contributed by atoms with Crippen LogP contribution in [0.25, 0.3) is 0 Å². The second-order valence-corrected chi connectivity index (χ2v) is 4.45. The Kier molecular flexibility index (Phi) is 4.11. The average molecular weight is 265 g/mol. The normalized spacial score (nSPS) is 10.6. The zero-order valence-corrected chi connectivity index (χ0v) is 10.6. The molecule has 3 amide bonds. The first-order chi connectivity index (χ1) is 8.72. The molecule has 0 spiro atoms. The van der Waals surface area contributed by atoms with Crippen LogP contribution in [0.2, 0.25) is 0 Å². The first-order valence-electron chi connectivity index (χ1n) is 5.45. The lowest BCUT2D eigenvalue weighted by Crippen LogP contribution is -2.51. The van der Waals surface area contributed by atoms with E-state index in [9.17, 15) is 14.4 Å². The molecule has 0 aromatic heterocycles. The number of nitrogens with two attached hydrogens (primary N) is 1. The number of urea groups is 1. The number of aliphatic carboxylic acids is 1. The summed E-state index contributed by atoms with van der Waals surface area (Å²) in [6, 6.07) is 5.25. The van der Waals surface area contributed by atoms with Crippen molar-refractivity contribution in [2.75, 3.05) is 5.32 Å². The van der Waals surface area contributed by atoms with E-state index in [0.717, 1.165) is 0 Å². The molecule has 0 atom stereocenters. The summed E-state index contributed by atoms with van der Waals surface area (Å²) in [7, 11) is 0. The van der Waals surface area contributed by atoms with Crippen molar-refractivity contribution in [3.8, 4) is 0 Å². The van der Waals surface area contributed by atoms with Crippen LogP contribution in [-0.4, -0.2) is 28.6 Å². The lowest BCUT2D eigenvalue weighted by Gasteiger charge is -2.21. The van der Waals surface area contributed by atoms with Crippen LogP contribution in [0.15, 0.2) is 24.3 Å². The van der Waals surface area contributed by atoms with E-state index in [1.54, 1.807) is 0 Å². The number of nitrogens with one attached hydrogen (secondary N) is 2. The van der Waals surface area contributed by atoms with Gasteiger partial charge in [0.2, 0.25) is 5.91 Å². The Labute approximate surface area is 109 Å². The smallest absolute Gasteiger partial charge is 0.328 e. The first-order valence-corrected chi connectivity index (χ1v) is 5.45. The Balaban J connectivity index is 2.67. The second kappa shape index (κ2) is 5.38. The highest BCUT2D eigenvalue weighted by Crippen LogP contribution is 2.10. The fourth-order valence-corrected chi connectivity index (χ4v) is 1.22. The fourth-order valence-electron chi connectivity index (χ4n) is 1.22. The monoisotopic (exact) mass is 265 g/mol. The van der Waals surface area contributed by atoms with Gasteiger partial charge in [0.05, 0.1) is 0 Å². The summed E-state index contributed by atoms with van der Waals surface area (Å²) in [6.45, 7) is 2.73. The van der Waals surface area contributed by atoms with Crippen LogP contribution in [0.3, 0.4) is 0 Å². The van der Waals surface area contributed by atoms with Gasteiger partial charge in [0.1, 0.15) is 5.54 Å². The number of hydrogen-bond donors (Lipinski definition) is 4. The van der Waals surface area contributed by atoms with Gasteiger partial charge in [0, 0.05) is 11.3 Å². The van der Waals surface area contributed by atoms with Gasteiger partial charge in [-0.15, -0.1) is 0 Å². The molecular weight excluding hydrogens is 250 g/mol. The van der Waals surface area contributed by atoms with Crippen molar-refractivity contribution in [3.63, 3.8) is 0 Å². The number of carbonyl (C=O) groups excluding carboxylic acids is 2. The Bertz CT molecular complexity index is 508. The van der Waals surface area contributed by atoms with E-state index in [4.69, 9.17) is 10.8 Å². The van der Waals surface area contributed by atoms with E-state index in [0.29, 0.717) is 11.3 Å². The van der Waals surface area contributed by atoms with Gasteiger partial charge < -0.3 is 21.5 Å². The van der Waals surface area contributed by atoms with E-state index in [-0.39, 0.29) is 0 Å². The van der Waals surface area contributed by atoms with Crippen molar-refractivity contribution in [1.82, 2.24) is 5.32 Å². The maximum atomic E-state index is 11.6. The van der Waals surface area contributed by atoms with Gasteiger partial charge >= 0.3 is 12.0 Å². The molecule has 5 N–H and O–H groups in total. The van der Waals surface area contributed by atoms with Gasteiger partial charge in [-0.1, -0.05) is 0 Å². The Morgan fingerprint density at radius 3 is 2.11 bits per heavy atom. The molecule has 7 heteroatoms. The zero-order chi connectivity index (χ0) is 14.6. The van der Waals surface area contributed by atoms with E-state index in [1.165, 1.54) is 38.1 Å². The summed E-state index contributed by atoms with van der Waals surface area (Å²) >= 11 is 0. The molecule has 1 rings (SSSR count). The Morgan fingerprint density at radius 1 is 1.16 bits per heavy atom. The van der Waals surface area contributed by atoms with Gasteiger partial charge in [-0.3, -0.25) is 4.79 Å². The minimum atomic E-state index is -1.38. The number of anilines is 1. The summed E-state index contributed by atoms with van der Waals surface area (Å²) in [5, 5.41) is 13.6. The number of amides is 3. The summed E-state index contributed by atoms with van der Waals surface area (Å²) < 4.78 is 0.